The van der Waals surface area contributed by atoms with Crippen molar-refractivity contribution in [1.82, 2.24) is 9.97 Å². The molecule has 1 atom stereocenters. The van der Waals surface area contributed by atoms with E-state index in [-0.39, 0.29) is 23.1 Å². The van der Waals surface area contributed by atoms with Gasteiger partial charge in [0.2, 0.25) is 0 Å². The van der Waals surface area contributed by atoms with Gasteiger partial charge in [0.1, 0.15) is 0 Å². The highest BCUT2D eigenvalue weighted by Gasteiger charge is 2.36. The van der Waals surface area contributed by atoms with Crippen LogP contribution in [0, 0.1) is 0 Å². The van der Waals surface area contributed by atoms with Gasteiger partial charge in [-0.05, 0) is 31.0 Å². The SMILES string of the molecule is CCOC(CC)c1cc2c(=O)[nH]c(=O)[nH]c2cc1C(F)(F)F. The van der Waals surface area contributed by atoms with Crippen LogP contribution in [-0.2, 0) is 10.9 Å². The normalized spacial score (nSPS) is 13.5. The average molecular weight is 316 g/mol. The number of hydrogen-bond acceptors (Lipinski definition) is 3. The van der Waals surface area contributed by atoms with Gasteiger partial charge >= 0.3 is 11.9 Å². The molecule has 22 heavy (non-hydrogen) atoms. The summed E-state index contributed by atoms with van der Waals surface area (Å²) < 4.78 is 45.2. The van der Waals surface area contributed by atoms with Crippen LogP contribution < -0.4 is 11.2 Å². The van der Waals surface area contributed by atoms with Gasteiger partial charge in [0.05, 0.1) is 22.6 Å². The lowest BCUT2D eigenvalue weighted by atomic mass is 9.97. The van der Waals surface area contributed by atoms with Crippen LogP contribution in [0.15, 0.2) is 21.7 Å². The van der Waals surface area contributed by atoms with Gasteiger partial charge in [-0.2, -0.15) is 13.2 Å². The predicted octanol–water partition coefficient (Wildman–Crippen LogP) is 2.72. The van der Waals surface area contributed by atoms with E-state index in [4.69, 9.17) is 4.74 Å². The second kappa shape index (κ2) is 5.96. The lowest BCUT2D eigenvalue weighted by molar-refractivity contribution is -0.139. The van der Waals surface area contributed by atoms with Crippen LogP contribution in [0.5, 0.6) is 0 Å². The molecule has 1 aromatic heterocycles. The van der Waals surface area contributed by atoms with Gasteiger partial charge < -0.3 is 9.72 Å². The molecule has 0 bridgehead atoms. The van der Waals surface area contributed by atoms with Crippen LogP contribution in [0.25, 0.3) is 10.9 Å². The summed E-state index contributed by atoms with van der Waals surface area (Å²) >= 11 is 0. The first-order chi connectivity index (χ1) is 10.3. The third-order valence-electron chi connectivity index (χ3n) is 3.30. The molecule has 120 valence electrons. The van der Waals surface area contributed by atoms with Crippen LogP contribution in [0.2, 0.25) is 0 Å². The van der Waals surface area contributed by atoms with Gasteiger partial charge in [-0.25, -0.2) is 4.79 Å². The first-order valence-electron chi connectivity index (χ1n) is 6.77. The summed E-state index contributed by atoms with van der Waals surface area (Å²) in [6.45, 7) is 3.62. The van der Waals surface area contributed by atoms with Gasteiger partial charge in [0.25, 0.3) is 5.56 Å². The minimum Gasteiger partial charge on any atom is -0.374 e. The number of alkyl halides is 3. The monoisotopic (exact) mass is 316 g/mol. The van der Waals surface area contributed by atoms with Crippen molar-refractivity contribution in [2.24, 2.45) is 0 Å². The number of aromatic amines is 2. The molecule has 0 aliphatic carbocycles. The van der Waals surface area contributed by atoms with Crippen molar-refractivity contribution in [2.45, 2.75) is 32.5 Å². The molecule has 0 fully saturated rings. The number of H-pyrrole nitrogens is 2. The van der Waals surface area contributed by atoms with E-state index in [0.29, 0.717) is 6.42 Å². The number of hydrogen-bond donors (Lipinski definition) is 2. The summed E-state index contributed by atoms with van der Waals surface area (Å²) in [5, 5.41) is -0.0132. The van der Waals surface area contributed by atoms with Gasteiger partial charge in [0, 0.05) is 6.61 Å². The second-order valence-corrected chi connectivity index (χ2v) is 4.74. The lowest BCUT2D eigenvalue weighted by Gasteiger charge is -2.21. The molecule has 0 amide bonds. The number of fused-ring (bicyclic) bond motifs is 1. The van der Waals surface area contributed by atoms with Crippen LogP contribution in [0.1, 0.15) is 37.5 Å². The fourth-order valence-electron chi connectivity index (χ4n) is 2.37. The van der Waals surface area contributed by atoms with Crippen molar-refractivity contribution in [3.63, 3.8) is 0 Å². The van der Waals surface area contributed by atoms with Crippen LogP contribution in [0.4, 0.5) is 13.2 Å². The summed E-state index contributed by atoms with van der Waals surface area (Å²) in [5.41, 5.74) is -2.77. The number of benzene rings is 1. The highest BCUT2D eigenvalue weighted by molar-refractivity contribution is 5.79. The summed E-state index contributed by atoms with van der Waals surface area (Å²) in [6, 6.07) is 1.92. The zero-order valence-corrected chi connectivity index (χ0v) is 12.0. The summed E-state index contributed by atoms with van der Waals surface area (Å²) in [4.78, 5) is 27.2. The van der Waals surface area contributed by atoms with Crippen molar-refractivity contribution < 1.29 is 17.9 Å². The van der Waals surface area contributed by atoms with Crippen molar-refractivity contribution in [1.29, 1.82) is 0 Å². The maximum atomic E-state index is 13.3. The number of ether oxygens (including phenoxy) is 1. The molecule has 0 aliphatic heterocycles. The Morgan fingerprint density at radius 1 is 1.18 bits per heavy atom. The number of aromatic nitrogens is 2. The Hall–Kier alpha value is -2.09. The van der Waals surface area contributed by atoms with E-state index in [1.165, 1.54) is 0 Å². The predicted molar refractivity (Wildman–Crippen MR) is 74.8 cm³/mol. The smallest absolute Gasteiger partial charge is 0.374 e. The maximum Gasteiger partial charge on any atom is 0.416 e. The molecule has 2 aromatic rings. The molecule has 2 N–H and O–H groups in total. The quantitative estimate of drug-likeness (QED) is 0.910. The van der Waals surface area contributed by atoms with Gasteiger partial charge in [-0.1, -0.05) is 6.92 Å². The van der Waals surface area contributed by atoms with Gasteiger partial charge in [-0.15, -0.1) is 0 Å². The van der Waals surface area contributed by atoms with Crippen molar-refractivity contribution in [3.8, 4) is 0 Å². The van der Waals surface area contributed by atoms with Crippen LogP contribution in [-0.4, -0.2) is 16.6 Å². The number of halogens is 3. The van der Waals surface area contributed by atoms with Gasteiger partial charge in [-0.3, -0.25) is 9.78 Å². The van der Waals surface area contributed by atoms with Crippen LogP contribution >= 0.6 is 0 Å². The molecule has 1 heterocycles. The van der Waals surface area contributed by atoms with E-state index >= 15 is 0 Å². The van der Waals surface area contributed by atoms with E-state index in [2.05, 4.69) is 4.98 Å². The van der Waals surface area contributed by atoms with E-state index in [1.54, 1.807) is 13.8 Å². The van der Waals surface area contributed by atoms with E-state index < -0.39 is 29.1 Å². The van der Waals surface area contributed by atoms with Crippen LogP contribution in [0.3, 0.4) is 0 Å². The Bertz CT molecular complexity index is 792. The molecule has 0 saturated carbocycles. The fraction of sp³-hybridized carbons (Fsp3) is 0.429. The highest BCUT2D eigenvalue weighted by atomic mass is 19.4. The van der Waals surface area contributed by atoms with Crippen molar-refractivity contribution in [3.05, 3.63) is 44.1 Å². The fourth-order valence-corrected chi connectivity index (χ4v) is 2.37. The molecule has 0 radical (unpaired) electrons. The Morgan fingerprint density at radius 2 is 1.86 bits per heavy atom. The molecule has 0 saturated heterocycles. The Balaban J connectivity index is 2.82. The maximum absolute atomic E-state index is 13.3. The molecular weight excluding hydrogens is 301 g/mol. The largest absolute Gasteiger partial charge is 0.416 e. The van der Waals surface area contributed by atoms with E-state index in [1.807, 2.05) is 4.98 Å². The highest BCUT2D eigenvalue weighted by Crippen LogP contribution is 2.38. The number of rotatable bonds is 4. The lowest BCUT2D eigenvalue weighted by Crippen LogP contribution is -2.23. The molecule has 0 spiro atoms. The zero-order valence-electron chi connectivity index (χ0n) is 12.0. The Labute approximate surface area is 123 Å². The molecule has 8 heteroatoms. The third kappa shape index (κ3) is 3.06. The molecule has 1 aromatic carbocycles. The van der Waals surface area contributed by atoms with Crippen molar-refractivity contribution >= 4 is 10.9 Å². The third-order valence-corrected chi connectivity index (χ3v) is 3.30. The Morgan fingerprint density at radius 3 is 2.41 bits per heavy atom. The topological polar surface area (TPSA) is 75.0 Å². The average Bonchev–Trinajstić information content (AvgIpc) is 2.42. The summed E-state index contributed by atoms with van der Waals surface area (Å²) in [7, 11) is 0. The minimum atomic E-state index is -4.62. The van der Waals surface area contributed by atoms with Gasteiger partial charge in [0.15, 0.2) is 0 Å². The Kier molecular flexibility index (Phi) is 4.41. The first kappa shape index (κ1) is 16.3. The molecule has 0 aliphatic rings. The molecule has 5 nitrogen and oxygen atoms in total. The zero-order chi connectivity index (χ0) is 16.5. The molecule has 1 unspecified atom stereocenters. The van der Waals surface area contributed by atoms with E-state index in [0.717, 1.165) is 12.1 Å². The minimum absolute atomic E-state index is 0.0132. The van der Waals surface area contributed by atoms with Crippen molar-refractivity contribution in [2.75, 3.05) is 6.61 Å². The molecular formula is C14H15F3N2O3. The first-order valence-corrected chi connectivity index (χ1v) is 6.77. The van der Waals surface area contributed by atoms with E-state index in [9.17, 15) is 22.8 Å². The molecule has 2 rings (SSSR count). The summed E-state index contributed by atoms with van der Waals surface area (Å²) in [6.07, 6.45) is -5.07. The standard InChI is InChI=1S/C14H15F3N2O3/c1-3-11(22-4-2)7-5-8-10(6-9(7)14(15,16)17)18-13(21)19-12(8)20/h5-6,11H,3-4H2,1-2H3,(H2,18,19,20,21). The second-order valence-electron chi connectivity index (χ2n) is 4.74. The number of nitrogens with one attached hydrogen (secondary N) is 2. The summed E-state index contributed by atoms with van der Waals surface area (Å²) in [5.74, 6) is 0.